The third kappa shape index (κ3) is 8.28. The summed E-state index contributed by atoms with van der Waals surface area (Å²) in [7, 11) is 0. The molecule has 184 valence electrons. The maximum Gasteiger partial charge on any atom is 0.322 e. The van der Waals surface area contributed by atoms with Crippen molar-refractivity contribution in [3.63, 3.8) is 0 Å². The fourth-order valence-electron chi connectivity index (χ4n) is 4.65. The van der Waals surface area contributed by atoms with Crippen LogP contribution < -0.4 is 5.32 Å². The average Bonchev–Trinajstić information content (AvgIpc) is 2.88. The molecule has 6 heteroatoms. The van der Waals surface area contributed by atoms with Crippen molar-refractivity contribution in [1.29, 1.82) is 0 Å². The van der Waals surface area contributed by atoms with Crippen molar-refractivity contribution in [2.75, 3.05) is 31.5 Å². The zero-order valence-corrected chi connectivity index (χ0v) is 21.5. The maximum atomic E-state index is 13.1. The van der Waals surface area contributed by atoms with Crippen LogP contribution in [0.15, 0.2) is 78.9 Å². The molecule has 35 heavy (non-hydrogen) atoms. The molecule has 3 aromatic rings. The summed E-state index contributed by atoms with van der Waals surface area (Å²) >= 11 is 12.0. The summed E-state index contributed by atoms with van der Waals surface area (Å²) in [4.78, 5) is 17.5. The highest BCUT2D eigenvalue weighted by Crippen LogP contribution is 2.22. The number of amides is 2. The van der Waals surface area contributed by atoms with Gasteiger partial charge in [0.25, 0.3) is 0 Å². The second-order valence-electron chi connectivity index (χ2n) is 9.31. The van der Waals surface area contributed by atoms with Gasteiger partial charge in [-0.15, -0.1) is 0 Å². The molecule has 1 heterocycles. The molecule has 4 rings (SSSR count). The molecular formula is C29H33Cl2N3O. The molecule has 1 N–H and O–H groups in total. The van der Waals surface area contributed by atoms with E-state index < -0.39 is 0 Å². The van der Waals surface area contributed by atoms with E-state index in [1.807, 2.05) is 41.3 Å². The minimum atomic E-state index is -0.108. The van der Waals surface area contributed by atoms with Crippen LogP contribution in [0, 0.1) is 5.92 Å². The van der Waals surface area contributed by atoms with Gasteiger partial charge in [-0.1, -0.05) is 65.7 Å². The third-order valence-electron chi connectivity index (χ3n) is 6.65. The molecule has 0 saturated carbocycles. The minimum absolute atomic E-state index is 0.108. The van der Waals surface area contributed by atoms with Crippen molar-refractivity contribution in [1.82, 2.24) is 9.80 Å². The van der Waals surface area contributed by atoms with Crippen LogP contribution in [0.1, 0.15) is 30.4 Å². The van der Waals surface area contributed by atoms with Crippen molar-refractivity contribution >= 4 is 34.9 Å². The number of nitrogens with one attached hydrogen (secondary N) is 1. The van der Waals surface area contributed by atoms with Gasteiger partial charge in [0.15, 0.2) is 0 Å². The van der Waals surface area contributed by atoms with Crippen molar-refractivity contribution in [2.24, 2.45) is 5.92 Å². The zero-order valence-electron chi connectivity index (χ0n) is 20.0. The van der Waals surface area contributed by atoms with E-state index in [9.17, 15) is 4.79 Å². The first-order valence-corrected chi connectivity index (χ1v) is 13.1. The van der Waals surface area contributed by atoms with Gasteiger partial charge in [0.1, 0.15) is 0 Å². The lowest BCUT2D eigenvalue weighted by Crippen LogP contribution is -2.39. The lowest BCUT2D eigenvalue weighted by Gasteiger charge is -2.32. The van der Waals surface area contributed by atoms with Gasteiger partial charge in [-0.2, -0.15) is 0 Å². The van der Waals surface area contributed by atoms with Crippen LogP contribution in [0.2, 0.25) is 10.0 Å². The highest BCUT2D eigenvalue weighted by atomic mass is 35.5. The number of halogens is 2. The first kappa shape index (κ1) is 25.6. The molecule has 1 aliphatic rings. The van der Waals surface area contributed by atoms with E-state index in [-0.39, 0.29) is 6.03 Å². The number of benzene rings is 3. The van der Waals surface area contributed by atoms with Crippen molar-refractivity contribution in [3.8, 4) is 0 Å². The van der Waals surface area contributed by atoms with Crippen LogP contribution in [-0.2, 0) is 13.0 Å². The van der Waals surface area contributed by atoms with E-state index in [0.717, 1.165) is 43.2 Å². The van der Waals surface area contributed by atoms with Crippen molar-refractivity contribution < 1.29 is 4.79 Å². The second-order valence-corrected chi connectivity index (χ2v) is 10.2. The summed E-state index contributed by atoms with van der Waals surface area (Å²) in [5, 5.41) is 4.35. The largest absolute Gasteiger partial charge is 0.322 e. The van der Waals surface area contributed by atoms with Gasteiger partial charge in [0.2, 0.25) is 0 Å². The Balaban J connectivity index is 1.28. The van der Waals surface area contributed by atoms with Gasteiger partial charge in [0.05, 0.1) is 0 Å². The quantitative estimate of drug-likeness (QED) is 0.326. The van der Waals surface area contributed by atoms with Gasteiger partial charge >= 0.3 is 6.03 Å². The van der Waals surface area contributed by atoms with Crippen molar-refractivity contribution in [3.05, 3.63) is 100 Å². The fraction of sp³-hybridized carbons (Fsp3) is 0.345. The van der Waals surface area contributed by atoms with Gasteiger partial charge in [-0.3, -0.25) is 0 Å². The number of anilines is 1. The molecular weight excluding hydrogens is 477 g/mol. The Bertz CT molecular complexity index is 1050. The van der Waals surface area contributed by atoms with Crippen LogP contribution >= 0.6 is 23.2 Å². The number of urea groups is 1. The summed E-state index contributed by atoms with van der Waals surface area (Å²) < 4.78 is 0. The summed E-state index contributed by atoms with van der Waals surface area (Å²) in [5.74, 6) is 0.764. The Morgan fingerprint density at radius 2 is 1.49 bits per heavy atom. The predicted molar refractivity (Wildman–Crippen MR) is 146 cm³/mol. The number of piperidine rings is 1. The Kier molecular flexibility index (Phi) is 9.47. The molecule has 0 radical (unpaired) electrons. The number of hydrogen-bond donors (Lipinski definition) is 1. The number of carbonyl (C=O) groups is 1. The molecule has 1 saturated heterocycles. The zero-order chi connectivity index (χ0) is 24.5. The maximum absolute atomic E-state index is 13.1. The smallest absolute Gasteiger partial charge is 0.320 e. The van der Waals surface area contributed by atoms with E-state index in [0.29, 0.717) is 23.1 Å². The molecule has 1 aliphatic heterocycles. The lowest BCUT2D eigenvalue weighted by molar-refractivity contribution is 0.170. The number of nitrogens with zero attached hydrogens (tertiary/aromatic N) is 2. The Morgan fingerprint density at radius 1 is 0.857 bits per heavy atom. The van der Waals surface area contributed by atoms with Crippen LogP contribution in [-0.4, -0.2) is 42.0 Å². The summed E-state index contributed by atoms with van der Waals surface area (Å²) in [5.41, 5.74) is 3.24. The summed E-state index contributed by atoms with van der Waals surface area (Å²) in [6.07, 6.45) is 4.58. The lowest BCUT2D eigenvalue weighted by atomic mass is 9.90. The molecule has 0 aromatic heterocycles. The predicted octanol–water partition coefficient (Wildman–Crippen LogP) is 7.37. The highest BCUT2D eigenvalue weighted by molar-refractivity contribution is 6.30. The van der Waals surface area contributed by atoms with Crippen LogP contribution in [0.25, 0.3) is 0 Å². The normalized spacial score (nSPS) is 14.6. The number of carbonyl (C=O) groups excluding carboxylic acids is 1. The summed E-state index contributed by atoms with van der Waals surface area (Å²) in [6.45, 7) is 4.49. The minimum Gasteiger partial charge on any atom is -0.320 e. The first-order chi connectivity index (χ1) is 17.0. The highest BCUT2D eigenvalue weighted by Gasteiger charge is 2.20. The van der Waals surface area contributed by atoms with E-state index >= 15 is 0 Å². The summed E-state index contributed by atoms with van der Waals surface area (Å²) in [6, 6.07) is 25.6. The molecule has 0 bridgehead atoms. The second kappa shape index (κ2) is 13.0. The fourth-order valence-corrected chi connectivity index (χ4v) is 4.90. The molecule has 3 aromatic carbocycles. The number of rotatable bonds is 9. The number of likely N-dealkylation sites (tertiary alicyclic amines) is 1. The van der Waals surface area contributed by atoms with Crippen LogP contribution in [0.5, 0.6) is 0 Å². The molecule has 0 aliphatic carbocycles. The number of hydrogen-bond acceptors (Lipinski definition) is 2. The standard InChI is InChI=1S/C29H33Cl2N3O/c30-26-9-7-25(8-10-26)22-34(29(35)32-28-13-11-27(31)12-14-28)18-4-17-33-19-15-24(16-20-33)21-23-5-2-1-3-6-23/h1-3,5-14,24H,4,15-22H2,(H,32,35). The first-order valence-electron chi connectivity index (χ1n) is 12.4. The molecule has 1 fully saturated rings. The third-order valence-corrected chi connectivity index (χ3v) is 7.15. The molecule has 0 spiro atoms. The Labute approximate surface area is 218 Å². The van der Waals surface area contributed by atoms with Gasteiger partial charge < -0.3 is 15.1 Å². The van der Waals surface area contributed by atoms with E-state index in [1.54, 1.807) is 12.1 Å². The molecule has 0 atom stereocenters. The Hall–Kier alpha value is -2.53. The van der Waals surface area contributed by atoms with E-state index in [4.69, 9.17) is 23.2 Å². The molecule has 2 amide bonds. The van der Waals surface area contributed by atoms with Crippen LogP contribution in [0.4, 0.5) is 10.5 Å². The van der Waals surface area contributed by atoms with Crippen molar-refractivity contribution in [2.45, 2.75) is 32.2 Å². The van der Waals surface area contributed by atoms with Gasteiger partial charge in [-0.25, -0.2) is 4.79 Å². The topological polar surface area (TPSA) is 35.6 Å². The van der Waals surface area contributed by atoms with Gasteiger partial charge in [-0.05, 0) is 98.8 Å². The average molecular weight is 511 g/mol. The SMILES string of the molecule is O=C(Nc1ccc(Cl)cc1)N(CCCN1CCC(Cc2ccccc2)CC1)Cc1ccc(Cl)cc1. The monoisotopic (exact) mass is 509 g/mol. The van der Waals surface area contributed by atoms with Crippen LogP contribution in [0.3, 0.4) is 0 Å². The Morgan fingerprint density at radius 3 is 2.14 bits per heavy atom. The van der Waals surface area contributed by atoms with Gasteiger partial charge in [0, 0.05) is 28.8 Å². The molecule has 4 nitrogen and oxygen atoms in total. The van der Waals surface area contributed by atoms with E-state index in [1.165, 1.54) is 24.8 Å². The van der Waals surface area contributed by atoms with E-state index in [2.05, 4.69) is 40.5 Å². The molecule has 0 unspecified atom stereocenters.